The molecule has 1 unspecified atom stereocenters. The first-order valence-electron chi connectivity index (χ1n) is 6.81. The van der Waals surface area contributed by atoms with Crippen molar-refractivity contribution in [2.45, 2.75) is 24.3 Å². The summed E-state index contributed by atoms with van der Waals surface area (Å²) in [6, 6.07) is 15.7. The lowest BCUT2D eigenvalue weighted by atomic mass is 10.1. The molecule has 0 heterocycles. The molecule has 20 heavy (non-hydrogen) atoms. The van der Waals surface area contributed by atoms with Crippen molar-refractivity contribution in [3.63, 3.8) is 0 Å². The van der Waals surface area contributed by atoms with Gasteiger partial charge in [0.1, 0.15) is 5.82 Å². The van der Waals surface area contributed by atoms with E-state index < -0.39 is 0 Å². The van der Waals surface area contributed by atoms with Crippen molar-refractivity contribution in [2.75, 3.05) is 12.8 Å². The van der Waals surface area contributed by atoms with Crippen molar-refractivity contribution in [3.8, 4) is 0 Å². The highest BCUT2D eigenvalue weighted by Crippen LogP contribution is 2.18. The molecule has 1 atom stereocenters. The molecule has 0 amide bonds. The monoisotopic (exact) mass is 289 g/mol. The Morgan fingerprint density at radius 1 is 1.15 bits per heavy atom. The van der Waals surface area contributed by atoms with Gasteiger partial charge in [-0.05, 0) is 61.5 Å². The van der Waals surface area contributed by atoms with Crippen LogP contribution in [0.3, 0.4) is 0 Å². The molecule has 0 aliphatic carbocycles. The topological polar surface area (TPSA) is 12.0 Å². The Morgan fingerprint density at radius 2 is 1.90 bits per heavy atom. The van der Waals surface area contributed by atoms with Crippen molar-refractivity contribution in [1.82, 2.24) is 5.32 Å². The SMILES string of the molecule is CSc1ccc(C(C)NCCc2cccc(F)c2)cc1. The Morgan fingerprint density at radius 3 is 2.55 bits per heavy atom. The van der Waals surface area contributed by atoms with E-state index in [2.05, 4.69) is 42.8 Å². The number of hydrogen-bond donors (Lipinski definition) is 1. The summed E-state index contributed by atoms with van der Waals surface area (Å²) < 4.78 is 13.1. The van der Waals surface area contributed by atoms with Crippen LogP contribution in [0.5, 0.6) is 0 Å². The molecule has 0 saturated heterocycles. The number of benzene rings is 2. The van der Waals surface area contributed by atoms with Crippen LogP contribution in [-0.2, 0) is 6.42 Å². The second-order valence-electron chi connectivity index (χ2n) is 4.83. The van der Waals surface area contributed by atoms with Gasteiger partial charge in [-0.1, -0.05) is 24.3 Å². The standard InChI is InChI=1S/C17H20FNS/c1-13(15-6-8-17(20-2)9-7-15)19-11-10-14-4-3-5-16(18)12-14/h3-9,12-13,19H,10-11H2,1-2H3. The lowest BCUT2D eigenvalue weighted by Gasteiger charge is -2.14. The van der Waals surface area contributed by atoms with Crippen LogP contribution in [-0.4, -0.2) is 12.8 Å². The Hall–Kier alpha value is -1.32. The van der Waals surface area contributed by atoms with Crippen LogP contribution in [0, 0.1) is 5.82 Å². The maximum atomic E-state index is 13.1. The highest BCUT2D eigenvalue weighted by Gasteiger charge is 2.04. The normalized spacial score (nSPS) is 12.3. The van der Waals surface area contributed by atoms with E-state index in [0.29, 0.717) is 6.04 Å². The highest BCUT2D eigenvalue weighted by atomic mass is 32.2. The third-order valence-corrected chi connectivity index (χ3v) is 4.11. The van der Waals surface area contributed by atoms with Gasteiger partial charge in [-0.3, -0.25) is 0 Å². The van der Waals surface area contributed by atoms with Gasteiger partial charge < -0.3 is 5.32 Å². The lowest BCUT2D eigenvalue weighted by molar-refractivity contribution is 0.574. The van der Waals surface area contributed by atoms with Gasteiger partial charge in [0.2, 0.25) is 0 Å². The van der Waals surface area contributed by atoms with Gasteiger partial charge in [0.15, 0.2) is 0 Å². The zero-order valence-electron chi connectivity index (χ0n) is 11.9. The number of halogens is 1. The van der Waals surface area contributed by atoms with Crippen LogP contribution in [0.1, 0.15) is 24.1 Å². The first-order chi connectivity index (χ1) is 9.69. The highest BCUT2D eigenvalue weighted by molar-refractivity contribution is 7.98. The minimum atomic E-state index is -0.164. The van der Waals surface area contributed by atoms with E-state index in [1.807, 2.05) is 6.07 Å². The molecular weight excluding hydrogens is 269 g/mol. The van der Waals surface area contributed by atoms with Gasteiger partial charge in [-0.2, -0.15) is 0 Å². The van der Waals surface area contributed by atoms with Gasteiger partial charge >= 0.3 is 0 Å². The zero-order chi connectivity index (χ0) is 14.4. The molecule has 0 aromatic heterocycles. The minimum absolute atomic E-state index is 0.164. The van der Waals surface area contributed by atoms with E-state index >= 15 is 0 Å². The molecule has 3 heteroatoms. The van der Waals surface area contributed by atoms with Crippen molar-refractivity contribution in [1.29, 1.82) is 0 Å². The van der Waals surface area contributed by atoms with Crippen LogP contribution in [0.15, 0.2) is 53.4 Å². The van der Waals surface area contributed by atoms with Crippen LogP contribution in [0.4, 0.5) is 4.39 Å². The summed E-state index contributed by atoms with van der Waals surface area (Å²) in [5.74, 6) is -0.164. The van der Waals surface area contributed by atoms with Crippen LogP contribution in [0.25, 0.3) is 0 Å². The molecule has 0 saturated carbocycles. The average Bonchev–Trinajstić information content (AvgIpc) is 2.47. The molecule has 0 fully saturated rings. The molecule has 0 aliphatic heterocycles. The molecule has 0 radical (unpaired) electrons. The first kappa shape index (κ1) is 15.1. The van der Waals surface area contributed by atoms with Crippen LogP contribution < -0.4 is 5.32 Å². The van der Waals surface area contributed by atoms with Crippen molar-refractivity contribution < 1.29 is 4.39 Å². The number of thioether (sulfide) groups is 1. The van der Waals surface area contributed by atoms with Gasteiger partial charge in [0.05, 0.1) is 0 Å². The van der Waals surface area contributed by atoms with E-state index in [1.165, 1.54) is 16.5 Å². The first-order valence-corrected chi connectivity index (χ1v) is 8.03. The predicted molar refractivity (Wildman–Crippen MR) is 84.7 cm³/mol. The molecule has 106 valence electrons. The van der Waals surface area contributed by atoms with E-state index in [1.54, 1.807) is 23.9 Å². The summed E-state index contributed by atoms with van der Waals surface area (Å²) in [5, 5.41) is 3.48. The fourth-order valence-corrected chi connectivity index (χ4v) is 2.54. The maximum Gasteiger partial charge on any atom is 0.123 e. The summed E-state index contributed by atoms with van der Waals surface area (Å²) in [7, 11) is 0. The number of hydrogen-bond acceptors (Lipinski definition) is 2. The molecule has 2 aromatic carbocycles. The molecular formula is C17H20FNS. The van der Waals surface area contributed by atoms with E-state index in [-0.39, 0.29) is 5.82 Å². The maximum absolute atomic E-state index is 13.1. The van der Waals surface area contributed by atoms with Gasteiger partial charge in [-0.15, -0.1) is 11.8 Å². The van der Waals surface area contributed by atoms with Gasteiger partial charge in [0.25, 0.3) is 0 Å². The second-order valence-corrected chi connectivity index (χ2v) is 5.71. The predicted octanol–water partition coefficient (Wildman–Crippen LogP) is 4.44. The van der Waals surface area contributed by atoms with Gasteiger partial charge in [0, 0.05) is 10.9 Å². The zero-order valence-corrected chi connectivity index (χ0v) is 12.7. The van der Waals surface area contributed by atoms with Crippen LogP contribution in [0.2, 0.25) is 0 Å². The van der Waals surface area contributed by atoms with Gasteiger partial charge in [-0.25, -0.2) is 4.39 Å². The molecule has 2 aromatic rings. The molecule has 1 N–H and O–H groups in total. The fraction of sp³-hybridized carbons (Fsp3) is 0.294. The molecule has 0 spiro atoms. The molecule has 0 bridgehead atoms. The minimum Gasteiger partial charge on any atom is -0.310 e. The summed E-state index contributed by atoms with van der Waals surface area (Å²) in [5.41, 5.74) is 2.31. The summed E-state index contributed by atoms with van der Waals surface area (Å²) >= 11 is 1.75. The van der Waals surface area contributed by atoms with E-state index in [9.17, 15) is 4.39 Å². The Bertz CT molecular complexity index is 539. The summed E-state index contributed by atoms with van der Waals surface area (Å²) in [4.78, 5) is 1.28. The number of rotatable bonds is 6. The average molecular weight is 289 g/mol. The summed E-state index contributed by atoms with van der Waals surface area (Å²) in [6.45, 7) is 2.99. The lowest BCUT2D eigenvalue weighted by Crippen LogP contribution is -2.21. The quantitative estimate of drug-likeness (QED) is 0.789. The number of nitrogens with one attached hydrogen (secondary N) is 1. The Labute approximate surface area is 124 Å². The smallest absolute Gasteiger partial charge is 0.123 e. The molecule has 0 aliphatic rings. The van der Waals surface area contributed by atoms with E-state index in [0.717, 1.165) is 18.5 Å². The second kappa shape index (κ2) is 7.46. The fourth-order valence-electron chi connectivity index (χ4n) is 2.14. The van der Waals surface area contributed by atoms with Crippen molar-refractivity contribution in [2.24, 2.45) is 0 Å². The summed E-state index contributed by atoms with van der Waals surface area (Å²) in [6.07, 6.45) is 2.92. The van der Waals surface area contributed by atoms with Crippen molar-refractivity contribution >= 4 is 11.8 Å². The largest absolute Gasteiger partial charge is 0.310 e. The Kier molecular flexibility index (Phi) is 5.62. The van der Waals surface area contributed by atoms with Crippen LogP contribution >= 0.6 is 11.8 Å². The third-order valence-electron chi connectivity index (χ3n) is 3.37. The van der Waals surface area contributed by atoms with E-state index in [4.69, 9.17) is 0 Å². The van der Waals surface area contributed by atoms with Crippen molar-refractivity contribution in [3.05, 3.63) is 65.5 Å². The third kappa shape index (κ3) is 4.36. The molecule has 2 rings (SSSR count). The molecule has 1 nitrogen and oxygen atoms in total. The Balaban J connectivity index is 1.83.